The monoisotopic (exact) mass is 336 g/mol. The highest BCUT2D eigenvalue weighted by Crippen LogP contribution is 2.26. The van der Waals surface area contributed by atoms with Crippen LogP contribution in [0.1, 0.15) is 13.3 Å². The average Bonchev–Trinajstić information content (AvgIpc) is 2.57. The van der Waals surface area contributed by atoms with Crippen LogP contribution in [0.15, 0.2) is 18.2 Å². The van der Waals surface area contributed by atoms with Gasteiger partial charge in [-0.3, -0.25) is 0 Å². The van der Waals surface area contributed by atoms with E-state index >= 15 is 0 Å². The Balaban J connectivity index is 2.05. The lowest BCUT2D eigenvalue weighted by atomic mass is 10.0. The van der Waals surface area contributed by atoms with E-state index in [0.717, 1.165) is 0 Å². The van der Waals surface area contributed by atoms with E-state index in [4.69, 9.17) is 23.2 Å². The van der Waals surface area contributed by atoms with Gasteiger partial charge in [0.2, 0.25) is 0 Å². The van der Waals surface area contributed by atoms with Gasteiger partial charge in [0.25, 0.3) is 0 Å². The van der Waals surface area contributed by atoms with Crippen LogP contribution in [-0.4, -0.2) is 31.5 Å². The molecule has 1 aliphatic rings. The van der Waals surface area contributed by atoms with Crippen molar-refractivity contribution in [3.05, 3.63) is 28.2 Å². The van der Waals surface area contributed by atoms with Crippen molar-refractivity contribution in [2.45, 2.75) is 18.9 Å². The van der Waals surface area contributed by atoms with E-state index < -0.39 is 21.4 Å². The van der Waals surface area contributed by atoms with Crippen molar-refractivity contribution in [2.24, 2.45) is 0 Å². The molecule has 2 rings (SSSR count). The van der Waals surface area contributed by atoms with E-state index in [2.05, 4.69) is 10.6 Å². The van der Waals surface area contributed by atoms with Crippen LogP contribution in [0.4, 0.5) is 10.5 Å². The van der Waals surface area contributed by atoms with Crippen LogP contribution >= 0.6 is 23.2 Å². The number of urea groups is 1. The number of benzene rings is 1. The van der Waals surface area contributed by atoms with Gasteiger partial charge in [0.1, 0.15) is 0 Å². The van der Waals surface area contributed by atoms with Gasteiger partial charge in [-0.2, -0.15) is 0 Å². The average molecular weight is 337 g/mol. The van der Waals surface area contributed by atoms with Gasteiger partial charge in [-0.1, -0.05) is 23.2 Å². The number of carbonyl (C=O) groups is 1. The van der Waals surface area contributed by atoms with Gasteiger partial charge in [0.15, 0.2) is 9.84 Å². The molecule has 1 fully saturated rings. The molecule has 5 nitrogen and oxygen atoms in total. The lowest BCUT2D eigenvalue weighted by molar-refractivity contribution is 0.242. The number of carbonyl (C=O) groups excluding carboxylic acids is 1. The second kappa shape index (κ2) is 5.42. The third-order valence-electron chi connectivity index (χ3n) is 3.10. The van der Waals surface area contributed by atoms with Crippen molar-refractivity contribution in [2.75, 3.05) is 16.8 Å². The minimum Gasteiger partial charge on any atom is -0.332 e. The van der Waals surface area contributed by atoms with Crippen molar-refractivity contribution >= 4 is 44.8 Å². The zero-order valence-corrected chi connectivity index (χ0v) is 13.1. The number of halogens is 2. The van der Waals surface area contributed by atoms with Gasteiger partial charge in [0, 0.05) is 5.02 Å². The summed E-state index contributed by atoms with van der Waals surface area (Å²) in [5.41, 5.74) is -0.380. The van der Waals surface area contributed by atoms with Crippen molar-refractivity contribution in [1.29, 1.82) is 0 Å². The predicted octanol–water partition coefficient (Wildman–Crippen LogP) is 2.69. The lowest BCUT2D eigenvalue weighted by Gasteiger charge is -2.24. The highest BCUT2D eigenvalue weighted by molar-refractivity contribution is 7.91. The Labute approximate surface area is 127 Å². The number of hydrogen-bond donors (Lipinski definition) is 2. The van der Waals surface area contributed by atoms with E-state index in [-0.39, 0.29) is 11.5 Å². The number of sulfone groups is 1. The number of anilines is 1. The molecule has 0 aliphatic carbocycles. The Morgan fingerprint density at radius 2 is 2.05 bits per heavy atom. The van der Waals surface area contributed by atoms with Crippen LogP contribution in [0.5, 0.6) is 0 Å². The normalized spacial score (nSPS) is 24.4. The van der Waals surface area contributed by atoms with E-state index in [1.807, 2.05) is 0 Å². The molecule has 1 atom stereocenters. The fourth-order valence-corrected chi connectivity index (χ4v) is 4.56. The van der Waals surface area contributed by atoms with E-state index in [9.17, 15) is 13.2 Å². The summed E-state index contributed by atoms with van der Waals surface area (Å²) in [4.78, 5) is 11.9. The first-order valence-corrected chi connectivity index (χ1v) is 8.52. The smallest absolute Gasteiger partial charge is 0.319 e. The molecule has 0 bridgehead atoms. The molecular formula is C12H14Cl2N2O3S. The number of nitrogens with one attached hydrogen (secondary N) is 2. The minimum atomic E-state index is -3.08. The molecule has 20 heavy (non-hydrogen) atoms. The highest BCUT2D eigenvalue weighted by atomic mass is 35.5. The SMILES string of the molecule is C[C@]1(NC(=O)Nc2cc(Cl)ccc2Cl)CCS(=O)(=O)C1. The zero-order chi connectivity index (χ0) is 15.0. The molecule has 1 aliphatic heterocycles. The molecule has 110 valence electrons. The Kier molecular flexibility index (Phi) is 4.18. The van der Waals surface area contributed by atoms with E-state index in [1.54, 1.807) is 19.1 Å². The molecule has 1 aromatic rings. The van der Waals surface area contributed by atoms with Gasteiger partial charge < -0.3 is 10.6 Å². The quantitative estimate of drug-likeness (QED) is 0.871. The van der Waals surface area contributed by atoms with Gasteiger partial charge >= 0.3 is 6.03 Å². The maximum Gasteiger partial charge on any atom is 0.319 e. The predicted molar refractivity (Wildman–Crippen MR) is 80.3 cm³/mol. The molecule has 0 aromatic heterocycles. The van der Waals surface area contributed by atoms with Crippen LogP contribution in [0.3, 0.4) is 0 Å². The summed E-state index contributed by atoms with van der Waals surface area (Å²) in [6.45, 7) is 1.71. The fraction of sp³-hybridized carbons (Fsp3) is 0.417. The largest absolute Gasteiger partial charge is 0.332 e. The third kappa shape index (κ3) is 3.77. The highest BCUT2D eigenvalue weighted by Gasteiger charge is 2.39. The van der Waals surface area contributed by atoms with Crippen LogP contribution in [0, 0.1) is 0 Å². The van der Waals surface area contributed by atoms with Crippen LogP contribution in [-0.2, 0) is 9.84 Å². The zero-order valence-electron chi connectivity index (χ0n) is 10.7. The summed E-state index contributed by atoms with van der Waals surface area (Å²) in [7, 11) is -3.08. The minimum absolute atomic E-state index is 0.0588. The van der Waals surface area contributed by atoms with E-state index in [1.165, 1.54) is 6.07 Å². The Hall–Kier alpha value is -0.980. The standard InChI is InChI=1S/C12H14Cl2N2O3S/c1-12(4-5-20(18,19)7-12)16-11(17)15-10-6-8(13)2-3-9(10)14/h2-3,6H,4-5,7H2,1H3,(H2,15,16,17)/t12-/m0/s1. The summed E-state index contributed by atoms with van der Waals surface area (Å²) in [6, 6.07) is 4.20. The van der Waals surface area contributed by atoms with Crippen molar-refractivity contribution in [3.8, 4) is 0 Å². The molecule has 2 N–H and O–H groups in total. The molecule has 0 unspecified atom stereocenters. The Bertz CT molecular complexity index is 648. The van der Waals surface area contributed by atoms with Gasteiger partial charge in [0.05, 0.1) is 27.8 Å². The van der Waals surface area contributed by atoms with Crippen molar-refractivity contribution < 1.29 is 13.2 Å². The van der Waals surface area contributed by atoms with Gasteiger partial charge in [-0.25, -0.2) is 13.2 Å². The second-order valence-electron chi connectivity index (χ2n) is 5.11. The van der Waals surface area contributed by atoms with E-state index in [0.29, 0.717) is 22.2 Å². The summed E-state index contributed by atoms with van der Waals surface area (Å²) >= 11 is 11.8. The molecule has 2 amide bonds. The molecule has 0 radical (unpaired) electrons. The Morgan fingerprint density at radius 3 is 2.65 bits per heavy atom. The molecule has 1 saturated heterocycles. The van der Waals surface area contributed by atoms with Crippen LogP contribution < -0.4 is 10.6 Å². The lowest BCUT2D eigenvalue weighted by Crippen LogP contribution is -2.48. The molecular weight excluding hydrogens is 323 g/mol. The number of amides is 2. The van der Waals surface area contributed by atoms with Gasteiger partial charge in [-0.05, 0) is 31.5 Å². The molecule has 0 saturated carbocycles. The maximum atomic E-state index is 11.9. The van der Waals surface area contributed by atoms with Crippen LogP contribution in [0.25, 0.3) is 0 Å². The first-order valence-electron chi connectivity index (χ1n) is 5.94. The molecule has 8 heteroatoms. The summed E-state index contributed by atoms with van der Waals surface area (Å²) in [6.07, 6.45) is 0.395. The molecule has 1 heterocycles. The second-order valence-corrected chi connectivity index (χ2v) is 8.13. The first kappa shape index (κ1) is 15.4. The topological polar surface area (TPSA) is 75.3 Å². The number of hydrogen-bond acceptors (Lipinski definition) is 3. The Morgan fingerprint density at radius 1 is 1.35 bits per heavy atom. The molecule has 1 aromatic carbocycles. The summed E-state index contributed by atoms with van der Waals surface area (Å²) in [5.74, 6) is 0.0262. The maximum absolute atomic E-state index is 11.9. The summed E-state index contributed by atoms with van der Waals surface area (Å²) in [5, 5.41) is 6.04. The van der Waals surface area contributed by atoms with Crippen molar-refractivity contribution in [3.63, 3.8) is 0 Å². The van der Waals surface area contributed by atoms with Crippen molar-refractivity contribution in [1.82, 2.24) is 5.32 Å². The molecule has 0 spiro atoms. The summed E-state index contributed by atoms with van der Waals surface area (Å²) < 4.78 is 22.9. The fourth-order valence-electron chi connectivity index (χ4n) is 2.13. The third-order valence-corrected chi connectivity index (χ3v) is 5.56. The van der Waals surface area contributed by atoms with Crippen LogP contribution in [0.2, 0.25) is 10.0 Å². The number of rotatable bonds is 2. The van der Waals surface area contributed by atoms with Gasteiger partial charge in [-0.15, -0.1) is 0 Å². The first-order chi connectivity index (χ1) is 9.19.